The first-order valence-corrected chi connectivity index (χ1v) is 6.25. The van der Waals surface area contributed by atoms with Gasteiger partial charge in [0.1, 0.15) is 11.5 Å². The minimum Gasteiger partial charge on any atom is -0.465 e. The highest BCUT2D eigenvalue weighted by Gasteiger charge is 2.06. The van der Waals surface area contributed by atoms with Crippen molar-refractivity contribution in [2.75, 3.05) is 5.32 Å². The standard InChI is InChI=1S/C15H15N3O/c1-10-7-8-12(19-10)9-16-15-14-6-4-3-5-13(14)11(2)17-18-15/h3-8H,9H2,1-2H3,(H,16,18). The molecule has 3 aromatic rings. The molecule has 1 aromatic carbocycles. The number of nitrogens with one attached hydrogen (secondary N) is 1. The van der Waals surface area contributed by atoms with E-state index in [9.17, 15) is 0 Å². The van der Waals surface area contributed by atoms with Gasteiger partial charge in [-0.1, -0.05) is 24.3 Å². The van der Waals surface area contributed by atoms with Crippen LogP contribution in [0.2, 0.25) is 0 Å². The third-order valence-corrected chi connectivity index (χ3v) is 3.10. The second-order valence-corrected chi connectivity index (χ2v) is 4.55. The van der Waals surface area contributed by atoms with Crippen molar-refractivity contribution in [3.8, 4) is 0 Å². The maximum atomic E-state index is 5.53. The van der Waals surface area contributed by atoms with Gasteiger partial charge in [-0.05, 0) is 26.0 Å². The lowest BCUT2D eigenvalue weighted by Gasteiger charge is -2.08. The first-order chi connectivity index (χ1) is 9.24. The van der Waals surface area contributed by atoms with Crippen LogP contribution in [0.4, 0.5) is 5.82 Å². The second kappa shape index (κ2) is 4.72. The minimum absolute atomic E-state index is 0.607. The van der Waals surface area contributed by atoms with Crippen LogP contribution in [0.3, 0.4) is 0 Å². The van der Waals surface area contributed by atoms with Gasteiger partial charge in [0.25, 0.3) is 0 Å². The van der Waals surface area contributed by atoms with Crippen molar-refractivity contribution in [2.45, 2.75) is 20.4 Å². The summed E-state index contributed by atoms with van der Waals surface area (Å²) in [4.78, 5) is 0. The van der Waals surface area contributed by atoms with E-state index in [4.69, 9.17) is 4.42 Å². The number of hydrogen-bond donors (Lipinski definition) is 1. The van der Waals surface area contributed by atoms with Crippen LogP contribution in [0.1, 0.15) is 17.2 Å². The van der Waals surface area contributed by atoms with Crippen LogP contribution in [-0.2, 0) is 6.54 Å². The Morgan fingerprint density at radius 3 is 2.53 bits per heavy atom. The lowest BCUT2D eigenvalue weighted by molar-refractivity contribution is 0.490. The van der Waals surface area contributed by atoms with E-state index in [0.29, 0.717) is 6.54 Å². The normalized spacial score (nSPS) is 10.8. The number of furan rings is 1. The van der Waals surface area contributed by atoms with Crippen molar-refractivity contribution in [2.24, 2.45) is 0 Å². The summed E-state index contributed by atoms with van der Waals surface area (Å²) in [6.45, 7) is 4.51. The number of anilines is 1. The molecule has 0 unspecified atom stereocenters. The lowest BCUT2D eigenvalue weighted by atomic mass is 10.1. The van der Waals surface area contributed by atoms with E-state index in [1.165, 1.54) is 0 Å². The average molecular weight is 253 g/mol. The lowest BCUT2D eigenvalue weighted by Crippen LogP contribution is -2.03. The third-order valence-electron chi connectivity index (χ3n) is 3.10. The summed E-state index contributed by atoms with van der Waals surface area (Å²) in [5, 5.41) is 13.9. The molecule has 0 atom stereocenters. The Morgan fingerprint density at radius 1 is 1.00 bits per heavy atom. The van der Waals surface area contributed by atoms with Crippen LogP contribution in [0, 0.1) is 13.8 Å². The Morgan fingerprint density at radius 2 is 1.79 bits per heavy atom. The number of benzene rings is 1. The van der Waals surface area contributed by atoms with Crippen LogP contribution in [0.5, 0.6) is 0 Å². The summed E-state index contributed by atoms with van der Waals surface area (Å²) >= 11 is 0. The van der Waals surface area contributed by atoms with E-state index in [1.807, 2.05) is 44.2 Å². The van der Waals surface area contributed by atoms with E-state index in [-0.39, 0.29) is 0 Å². The number of hydrogen-bond acceptors (Lipinski definition) is 4. The van der Waals surface area contributed by atoms with Crippen LogP contribution in [0.25, 0.3) is 10.8 Å². The topological polar surface area (TPSA) is 51.0 Å². The van der Waals surface area contributed by atoms with Gasteiger partial charge in [-0.25, -0.2) is 0 Å². The van der Waals surface area contributed by atoms with Crippen LogP contribution in [0.15, 0.2) is 40.8 Å². The zero-order valence-corrected chi connectivity index (χ0v) is 11.0. The molecule has 0 fully saturated rings. The molecule has 0 bridgehead atoms. The fraction of sp³-hybridized carbons (Fsp3) is 0.200. The fourth-order valence-electron chi connectivity index (χ4n) is 2.12. The summed E-state index contributed by atoms with van der Waals surface area (Å²) in [6.07, 6.45) is 0. The molecule has 3 rings (SSSR count). The molecule has 2 heterocycles. The Kier molecular flexibility index (Phi) is 2.91. The van der Waals surface area contributed by atoms with Gasteiger partial charge in [0.05, 0.1) is 12.2 Å². The largest absolute Gasteiger partial charge is 0.465 e. The second-order valence-electron chi connectivity index (χ2n) is 4.55. The molecule has 19 heavy (non-hydrogen) atoms. The van der Waals surface area contributed by atoms with Gasteiger partial charge in [-0.3, -0.25) is 0 Å². The van der Waals surface area contributed by atoms with Gasteiger partial charge in [0.2, 0.25) is 0 Å². The highest BCUT2D eigenvalue weighted by atomic mass is 16.3. The maximum Gasteiger partial charge on any atom is 0.156 e. The van der Waals surface area contributed by atoms with Crippen LogP contribution >= 0.6 is 0 Å². The number of fused-ring (bicyclic) bond motifs is 1. The van der Waals surface area contributed by atoms with Gasteiger partial charge in [-0.15, -0.1) is 5.10 Å². The number of aryl methyl sites for hydroxylation is 2. The number of nitrogens with zero attached hydrogens (tertiary/aromatic N) is 2. The van der Waals surface area contributed by atoms with Gasteiger partial charge < -0.3 is 9.73 Å². The molecule has 0 amide bonds. The van der Waals surface area contributed by atoms with Gasteiger partial charge >= 0.3 is 0 Å². The Hall–Kier alpha value is -2.36. The Bertz CT molecular complexity index is 718. The van der Waals surface area contributed by atoms with E-state index in [2.05, 4.69) is 21.6 Å². The molecule has 96 valence electrons. The zero-order chi connectivity index (χ0) is 13.2. The third kappa shape index (κ3) is 2.29. The predicted molar refractivity (Wildman–Crippen MR) is 75.0 cm³/mol. The summed E-state index contributed by atoms with van der Waals surface area (Å²) in [6, 6.07) is 12.0. The number of aromatic nitrogens is 2. The summed E-state index contributed by atoms with van der Waals surface area (Å²) in [5.41, 5.74) is 0.940. The molecule has 0 saturated heterocycles. The van der Waals surface area contributed by atoms with Gasteiger partial charge in [0, 0.05) is 10.8 Å². The summed E-state index contributed by atoms with van der Waals surface area (Å²) in [5.74, 6) is 2.59. The average Bonchev–Trinajstić information content (AvgIpc) is 2.84. The first kappa shape index (κ1) is 11.7. The molecule has 4 heteroatoms. The summed E-state index contributed by atoms with van der Waals surface area (Å²) in [7, 11) is 0. The van der Waals surface area contributed by atoms with E-state index < -0.39 is 0 Å². The highest BCUT2D eigenvalue weighted by Crippen LogP contribution is 2.22. The molecule has 0 aliphatic carbocycles. The van der Waals surface area contributed by atoms with Gasteiger partial charge in [0.15, 0.2) is 5.82 Å². The molecule has 0 radical (unpaired) electrons. The van der Waals surface area contributed by atoms with Crippen molar-refractivity contribution in [3.63, 3.8) is 0 Å². The highest BCUT2D eigenvalue weighted by molar-refractivity contribution is 5.92. The zero-order valence-electron chi connectivity index (χ0n) is 11.0. The fourth-order valence-corrected chi connectivity index (χ4v) is 2.12. The molecule has 0 saturated carbocycles. The molecule has 0 aliphatic rings. The Labute approximate surface area is 111 Å². The quantitative estimate of drug-likeness (QED) is 0.776. The molecular weight excluding hydrogens is 238 g/mol. The monoisotopic (exact) mass is 253 g/mol. The summed E-state index contributed by atoms with van der Waals surface area (Å²) < 4.78 is 5.53. The molecule has 4 nitrogen and oxygen atoms in total. The van der Waals surface area contributed by atoms with Crippen LogP contribution < -0.4 is 5.32 Å². The minimum atomic E-state index is 0.607. The van der Waals surface area contributed by atoms with E-state index in [0.717, 1.165) is 33.8 Å². The SMILES string of the molecule is Cc1ccc(CNc2nnc(C)c3ccccc23)o1. The van der Waals surface area contributed by atoms with Gasteiger partial charge in [-0.2, -0.15) is 5.10 Å². The molecule has 2 aromatic heterocycles. The van der Waals surface area contributed by atoms with Crippen molar-refractivity contribution < 1.29 is 4.42 Å². The first-order valence-electron chi connectivity index (χ1n) is 6.25. The smallest absolute Gasteiger partial charge is 0.156 e. The van der Waals surface area contributed by atoms with Crippen molar-refractivity contribution in [1.29, 1.82) is 0 Å². The Balaban J connectivity index is 1.91. The van der Waals surface area contributed by atoms with E-state index in [1.54, 1.807) is 0 Å². The van der Waals surface area contributed by atoms with Crippen LogP contribution in [-0.4, -0.2) is 10.2 Å². The van der Waals surface area contributed by atoms with Crippen molar-refractivity contribution in [1.82, 2.24) is 10.2 Å². The molecule has 1 N–H and O–H groups in total. The van der Waals surface area contributed by atoms with E-state index >= 15 is 0 Å². The molecule has 0 aliphatic heterocycles. The number of rotatable bonds is 3. The maximum absolute atomic E-state index is 5.53. The predicted octanol–water partition coefficient (Wildman–Crippen LogP) is 3.45. The molecule has 0 spiro atoms. The van der Waals surface area contributed by atoms with Crippen molar-refractivity contribution in [3.05, 3.63) is 53.6 Å². The molecular formula is C15H15N3O. The van der Waals surface area contributed by atoms with Crippen molar-refractivity contribution >= 4 is 16.6 Å².